The summed E-state index contributed by atoms with van der Waals surface area (Å²) in [4.78, 5) is 6.79. The summed E-state index contributed by atoms with van der Waals surface area (Å²) in [7, 11) is 0. The van der Waals surface area contributed by atoms with Crippen LogP contribution in [0.5, 0.6) is 0 Å². The normalized spacial score (nSPS) is 25.8. The zero-order valence-corrected chi connectivity index (χ0v) is 9.97. The molecule has 88 valence electrons. The Kier molecular flexibility index (Phi) is 3.78. The van der Waals surface area contributed by atoms with Gasteiger partial charge in [0.2, 0.25) is 0 Å². The Balaban J connectivity index is 2.10. The predicted molar refractivity (Wildman–Crippen MR) is 67.4 cm³/mol. The van der Waals surface area contributed by atoms with Crippen LogP contribution in [0.15, 0.2) is 24.4 Å². The molecule has 1 aromatic rings. The van der Waals surface area contributed by atoms with Crippen molar-refractivity contribution in [1.29, 1.82) is 0 Å². The lowest BCUT2D eigenvalue weighted by Crippen LogP contribution is -2.47. The molecule has 2 heterocycles. The smallest absolute Gasteiger partial charge is 0.128 e. The Morgan fingerprint density at radius 3 is 3.00 bits per heavy atom. The zero-order chi connectivity index (χ0) is 11.4. The Morgan fingerprint density at radius 1 is 1.50 bits per heavy atom. The molecule has 1 aliphatic rings. The number of hydrogen-bond donors (Lipinski definition) is 1. The van der Waals surface area contributed by atoms with E-state index in [9.17, 15) is 0 Å². The molecule has 1 aliphatic heterocycles. The lowest BCUT2D eigenvalue weighted by molar-refractivity contribution is 0.334. The van der Waals surface area contributed by atoms with E-state index in [4.69, 9.17) is 5.73 Å². The molecular formula is C13H21N3. The zero-order valence-electron chi connectivity index (χ0n) is 9.97. The first-order valence-electron chi connectivity index (χ1n) is 6.23. The molecule has 3 nitrogen and oxygen atoms in total. The van der Waals surface area contributed by atoms with Crippen LogP contribution in [0.1, 0.15) is 26.2 Å². The summed E-state index contributed by atoms with van der Waals surface area (Å²) in [6.07, 6.45) is 5.61. The standard InChI is InChI=1S/C13H21N3/c1-2-11-6-8-16(12(9-11)10-14)13-5-3-4-7-15-13/h3-5,7,11-12H,2,6,8-10,14H2,1H3. The maximum absolute atomic E-state index is 5.88. The second-order valence-corrected chi connectivity index (χ2v) is 4.57. The highest BCUT2D eigenvalue weighted by molar-refractivity contribution is 5.39. The third-order valence-corrected chi connectivity index (χ3v) is 3.62. The van der Waals surface area contributed by atoms with E-state index in [1.165, 1.54) is 19.3 Å². The third kappa shape index (κ3) is 2.35. The summed E-state index contributed by atoms with van der Waals surface area (Å²) in [5, 5.41) is 0. The van der Waals surface area contributed by atoms with Gasteiger partial charge in [0.1, 0.15) is 5.82 Å². The van der Waals surface area contributed by atoms with Crippen LogP contribution in [-0.2, 0) is 0 Å². The predicted octanol–water partition coefficient (Wildman–Crippen LogP) is 2.04. The van der Waals surface area contributed by atoms with Gasteiger partial charge < -0.3 is 10.6 Å². The minimum atomic E-state index is 0.466. The van der Waals surface area contributed by atoms with E-state index < -0.39 is 0 Å². The van der Waals surface area contributed by atoms with E-state index in [0.717, 1.165) is 24.8 Å². The SMILES string of the molecule is CCC1CCN(c2ccccn2)C(CN)C1. The van der Waals surface area contributed by atoms with Crippen LogP contribution in [0.4, 0.5) is 5.82 Å². The van der Waals surface area contributed by atoms with Gasteiger partial charge in [0.05, 0.1) is 0 Å². The molecule has 0 amide bonds. The Bertz CT molecular complexity index is 312. The number of nitrogens with zero attached hydrogens (tertiary/aromatic N) is 2. The van der Waals surface area contributed by atoms with Crippen molar-refractivity contribution in [3.63, 3.8) is 0 Å². The van der Waals surface area contributed by atoms with Gasteiger partial charge in [0.25, 0.3) is 0 Å². The minimum absolute atomic E-state index is 0.466. The first-order chi connectivity index (χ1) is 7.85. The molecule has 2 rings (SSSR count). The number of nitrogens with two attached hydrogens (primary N) is 1. The van der Waals surface area contributed by atoms with Gasteiger partial charge in [-0.05, 0) is 30.9 Å². The number of rotatable bonds is 3. The first kappa shape index (κ1) is 11.4. The van der Waals surface area contributed by atoms with Crippen LogP contribution >= 0.6 is 0 Å². The van der Waals surface area contributed by atoms with Crippen LogP contribution in [0, 0.1) is 5.92 Å². The van der Waals surface area contributed by atoms with Crippen molar-refractivity contribution in [2.24, 2.45) is 11.7 Å². The molecule has 0 radical (unpaired) electrons. The molecule has 2 atom stereocenters. The molecule has 0 aromatic carbocycles. The molecule has 3 heteroatoms. The van der Waals surface area contributed by atoms with E-state index in [0.29, 0.717) is 6.04 Å². The topological polar surface area (TPSA) is 42.2 Å². The van der Waals surface area contributed by atoms with Gasteiger partial charge in [-0.15, -0.1) is 0 Å². The summed E-state index contributed by atoms with van der Waals surface area (Å²) in [5.41, 5.74) is 5.88. The molecule has 0 bridgehead atoms. The van der Waals surface area contributed by atoms with Gasteiger partial charge in [0.15, 0.2) is 0 Å². The van der Waals surface area contributed by atoms with Gasteiger partial charge in [-0.3, -0.25) is 0 Å². The lowest BCUT2D eigenvalue weighted by atomic mass is 9.89. The van der Waals surface area contributed by atoms with Crippen molar-refractivity contribution in [1.82, 2.24) is 4.98 Å². The summed E-state index contributed by atoms with van der Waals surface area (Å²) in [6.45, 7) is 4.10. The molecule has 1 fully saturated rings. The molecule has 16 heavy (non-hydrogen) atoms. The molecule has 1 aromatic heterocycles. The molecule has 2 unspecified atom stereocenters. The van der Waals surface area contributed by atoms with Crippen molar-refractivity contribution in [2.45, 2.75) is 32.2 Å². The highest BCUT2D eigenvalue weighted by Crippen LogP contribution is 2.27. The average Bonchev–Trinajstić information content (AvgIpc) is 2.39. The van der Waals surface area contributed by atoms with E-state index >= 15 is 0 Å². The van der Waals surface area contributed by atoms with Crippen LogP contribution in [0.25, 0.3) is 0 Å². The number of aromatic nitrogens is 1. The van der Waals surface area contributed by atoms with Gasteiger partial charge in [-0.1, -0.05) is 19.4 Å². The summed E-state index contributed by atoms with van der Waals surface area (Å²) < 4.78 is 0. The highest BCUT2D eigenvalue weighted by Gasteiger charge is 2.27. The van der Waals surface area contributed by atoms with Crippen molar-refractivity contribution in [2.75, 3.05) is 18.0 Å². The molecule has 2 N–H and O–H groups in total. The van der Waals surface area contributed by atoms with Crippen LogP contribution in [-0.4, -0.2) is 24.1 Å². The van der Waals surface area contributed by atoms with Gasteiger partial charge >= 0.3 is 0 Å². The number of hydrogen-bond acceptors (Lipinski definition) is 3. The van der Waals surface area contributed by atoms with E-state index in [1.54, 1.807) is 0 Å². The Labute approximate surface area is 97.7 Å². The van der Waals surface area contributed by atoms with Crippen LogP contribution < -0.4 is 10.6 Å². The Morgan fingerprint density at radius 2 is 2.38 bits per heavy atom. The monoisotopic (exact) mass is 219 g/mol. The van der Waals surface area contributed by atoms with Gasteiger partial charge in [-0.25, -0.2) is 4.98 Å². The van der Waals surface area contributed by atoms with Crippen molar-refractivity contribution >= 4 is 5.82 Å². The van der Waals surface area contributed by atoms with Crippen molar-refractivity contribution in [3.05, 3.63) is 24.4 Å². The first-order valence-corrected chi connectivity index (χ1v) is 6.23. The van der Waals surface area contributed by atoms with Crippen molar-refractivity contribution in [3.8, 4) is 0 Å². The maximum atomic E-state index is 5.88. The van der Waals surface area contributed by atoms with Crippen LogP contribution in [0.3, 0.4) is 0 Å². The number of pyridine rings is 1. The highest BCUT2D eigenvalue weighted by atomic mass is 15.2. The number of anilines is 1. The fraction of sp³-hybridized carbons (Fsp3) is 0.615. The third-order valence-electron chi connectivity index (χ3n) is 3.62. The van der Waals surface area contributed by atoms with E-state index in [1.807, 2.05) is 18.3 Å². The summed E-state index contributed by atoms with van der Waals surface area (Å²) in [6, 6.07) is 6.55. The van der Waals surface area contributed by atoms with Crippen molar-refractivity contribution < 1.29 is 0 Å². The van der Waals surface area contributed by atoms with Crippen LogP contribution in [0.2, 0.25) is 0 Å². The maximum Gasteiger partial charge on any atom is 0.128 e. The molecule has 0 aliphatic carbocycles. The molecule has 0 saturated carbocycles. The Hall–Kier alpha value is -1.09. The quantitative estimate of drug-likeness (QED) is 0.846. The fourth-order valence-electron chi connectivity index (χ4n) is 2.55. The molecule has 1 saturated heterocycles. The minimum Gasteiger partial charge on any atom is -0.352 e. The largest absolute Gasteiger partial charge is 0.352 e. The second-order valence-electron chi connectivity index (χ2n) is 4.57. The fourth-order valence-corrected chi connectivity index (χ4v) is 2.55. The van der Waals surface area contributed by atoms with Gasteiger partial charge in [-0.2, -0.15) is 0 Å². The number of piperidine rings is 1. The molecule has 0 spiro atoms. The second kappa shape index (κ2) is 5.30. The summed E-state index contributed by atoms with van der Waals surface area (Å²) in [5.74, 6) is 1.92. The lowest BCUT2D eigenvalue weighted by Gasteiger charge is -2.39. The average molecular weight is 219 g/mol. The van der Waals surface area contributed by atoms with E-state index in [2.05, 4.69) is 22.9 Å². The summed E-state index contributed by atoms with van der Waals surface area (Å²) >= 11 is 0. The van der Waals surface area contributed by atoms with Gasteiger partial charge in [0, 0.05) is 25.3 Å². The molecular weight excluding hydrogens is 198 g/mol. The van der Waals surface area contributed by atoms with E-state index in [-0.39, 0.29) is 0 Å².